The van der Waals surface area contributed by atoms with Crippen molar-refractivity contribution >= 4 is 29.1 Å². The largest absolute Gasteiger partial charge is 0.362 e. The van der Waals surface area contributed by atoms with Gasteiger partial charge in [0.15, 0.2) is 0 Å². The number of thioether (sulfide) groups is 1. The van der Waals surface area contributed by atoms with E-state index < -0.39 is 4.92 Å². The highest BCUT2D eigenvalue weighted by atomic mass is 32.2. The molecule has 0 aliphatic carbocycles. The summed E-state index contributed by atoms with van der Waals surface area (Å²) < 4.78 is 0. The van der Waals surface area contributed by atoms with Crippen LogP contribution in [0, 0.1) is 10.1 Å². The van der Waals surface area contributed by atoms with Crippen molar-refractivity contribution in [2.24, 2.45) is 5.84 Å². The molecule has 1 unspecified atom stereocenters. The number of nitro groups is 1. The fourth-order valence-electron chi connectivity index (χ4n) is 1.50. The van der Waals surface area contributed by atoms with Gasteiger partial charge in [0.2, 0.25) is 5.82 Å². The lowest BCUT2D eigenvalue weighted by molar-refractivity contribution is -0.384. The number of nitrogen functional groups attached to an aromatic ring is 1. The first-order valence-corrected chi connectivity index (χ1v) is 7.20. The van der Waals surface area contributed by atoms with Crippen molar-refractivity contribution in [3.05, 3.63) is 22.2 Å². The first-order chi connectivity index (χ1) is 9.08. The number of nitrogens with two attached hydrogens (primary N) is 1. The van der Waals surface area contributed by atoms with E-state index >= 15 is 0 Å². The van der Waals surface area contributed by atoms with E-state index in [2.05, 4.69) is 22.7 Å². The minimum Gasteiger partial charge on any atom is -0.362 e. The average molecular weight is 285 g/mol. The van der Waals surface area contributed by atoms with Crippen molar-refractivity contribution < 1.29 is 4.92 Å². The molecule has 0 saturated heterocycles. The molecule has 0 radical (unpaired) electrons. The Labute approximate surface area is 116 Å². The van der Waals surface area contributed by atoms with Gasteiger partial charge in [0.25, 0.3) is 0 Å². The lowest BCUT2D eigenvalue weighted by atomic mass is 10.2. The third-order valence-corrected chi connectivity index (χ3v) is 3.43. The number of hydrogen-bond acceptors (Lipinski definition) is 7. The summed E-state index contributed by atoms with van der Waals surface area (Å²) in [5, 5.41) is 14.0. The first-order valence-electron chi connectivity index (χ1n) is 6.04. The highest BCUT2D eigenvalue weighted by molar-refractivity contribution is 7.99. The predicted molar refractivity (Wildman–Crippen MR) is 79.4 cm³/mol. The number of pyridine rings is 1. The van der Waals surface area contributed by atoms with Gasteiger partial charge in [-0.1, -0.05) is 6.92 Å². The molecule has 1 heterocycles. The van der Waals surface area contributed by atoms with Crippen LogP contribution in [0.15, 0.2) is 12.1 Å². The molecular weight excluding hydrogens is 266 g/mol. The number of nitrogens with zero attached hydrogens (tertiary/aromatic N) is 2. The Bertz CT molecular complexity index is 430. The van der Waals surface area contributed by atoms with Crippen LogP contribution in [0.2, 0.25) is 0 Å². The van der Waals surface area contributed by atoms with Gasteiger partial charge in [-0.25, -0.2) is 10.8 Å². The monoisotopic (exact) mass is 285 g/mol. The summed E-state index contributed by atoms with van der Waals surface area (Å²) in [4.78, 5) is 14.6. The van der Waals surface area contributed by atoms with E-state index in [1.165, 1.54) is 12.1 Å². The molecular formula is C11H19N5O2S. The van der Waals surface area contributed by atoms with E-state index in [9.17, 15) is 10.1 Å². The van der Waals surface area contributed by atoms with Crippen molar-refractivity contribution in [2.45, 2.75) is 26.3 Å². The molecule has 1 rings (SSSR count). The highest BCUT2D eigenvalue weighted by Gasteiger charge is 2.17. The van der Waals surface area contributed by atoms with E-state index in [0.29, 0.717) is 5.82 Å². The van der Waals surface area contributed by atoms with Crippen molar-refractivity contribution in [3.8, 4) is 0 Å². The molecule has 0 fully saturated rings. The SMILES string of the molecule is CCSCCC(C)Nc1nc(NN)ccc1[N+](=O)[O-]. The molecule has 8 heteroatoms. The van der Waals surface area contributed by atoms with Gasteiger partial charge in [-0.3, -0.25) is 10.1 Å². The van der Waals surface area contributed by atoms with Crippen LogP contribution in [0.1, 0.15) is 20.3 Å². The Kier molecular flexibility index (Phi) is 6.37. The second-order valence-electron chi connectivity index (χ2n) is 4.00. The summed E-state index contributed by atoms with van der Waals surface area (Å²) >= 11 is 1.84. The molecule has 0 amide bonds. The predicted octanol–water partition coefficient (Wildman–Crippen LogP) is 2.22. The van der Waals surface area contributed by atoms with Crippen LogP contribution in [0.3, 0.4) is 0 Å². The molecule has 0 saturated carbocycles. The zero-order valence-electron chi connectivity index (χ0n) is 11.0. The summed E-state index contributed by atoms with van der Waals surface area (Å²) in [6, 6.07) is 2.97. The van der Waals surface area contributed by atoms with Crippen LogP contribution in [0.25, 0.3) is 0 Å². The van der Waals surface area contributed by atoms with Gasteiger partial charge in [0, 0.05) is 12.1 Å². The number of anilines is 2. The van der Waals surface area contributed by atoms with E-state index in [1.807, 2.05) is 18.7 Å². The Balaban J connectivity index is 2.76. The fraction of sp³-hybridized carbons (Fsp3) is 0.545. The molecule has 0 spiro atoms. The van der Waals surface area contributed by atoms with Gasteiger partial charge < -0.3 is 10.7 Å². The van der Waals surface area contributed by atoms with Crippen LogP contribution in [0.4, 0.5) is 17.3 Å². The molecule has 106 valence electrons. The summed E-state index contributed by atoms with van der Waals surface area (Å²) in [7, 11) is 0. The van der Waals surface area contributed by atoms with Crippen LogP contribution < -0.4 is 16.6 Å². The number of hydrogen-bond donors (Lipinski definition) is 3. The maximum atomic E-state index is 10.9. The molecule has 0 bridgehead atoms. The van der Waals surface area contributed by atoms with Crippen molar-refractivity contribution in [2.75, 3.05) is 22.2 Å². The Morgan fingerprint density at radius 1 is 1.58 bits per heavy atom. The van der Waals surface area contributed by atoms with Gasteiger partial charge in [-0.05, 0) is 30.9 Å². The molecule has 7 nitrogen and oxygen atoms in total. The zero-order valence-corrected chi connectivity index (χ0v) is 11.9. The van der Waals surface area contributed by atoms with Gasteiger partial charge >= 0.3 is 5.69 Å². The van der Waals surface area contributed by atoms with E-state index in [4.69, 9.17) is 5.84 Å². The lowest BCUT2D eigenvalue weighted by Crippen LogP contribution is -2.19. The van der Waals surface area contributed by atoms with Crippen LogP contribution in [0.5, 0.6) is 0 Å². The minimum atomic E-state index is -0.455. The summed E-state index contributed by atoms with van der Waals surface area (Å²) in [5.74, 6) is 7.97. The second kappa shape index (κ2) is 7.80. The number of hydrazine groups is 1. The van der Waals surface area contributed by atoms with Gasteiger partial charge in [0.1, 0.15) is 5.82 Å². The van der Waals surface area contributed by atoms with Crippen LogP contribution in [-0.4, -0.2) is 27.5 Å². The third-order valence-electron chi connectivity index (χ3n) is 2.50. The highest BCUT2D eigenvalue weighted by Crippen LogP contribution is 2.24. The van der Waals surface area contributed by atoms with Crippen molar-refractivity contribution in [1.29, 1.82) is 0 Å². The molecule has 1 aromatic heterocycles. The number of rotatable bonds is 8. The normalized spacial score (nSPS) is 11.9. The summed E-state index contributed by atoms with van der Waals surface area (Å²) in [6.07, 6.45) is 0.914. The van der Waals surface area contributed by atoms with Crippen LogP contribution >= 0.6 is 11.8 Å². The Hall–Kier alpha value is -1.54. The molecule has 19 heavy (non-hydrogen) atoms. The quantitative estimate of drug-likeness (QED) is 0.291. The van der Waals surface area contributed by atoms with Gasteiger partial charge in [0.05, 0.1) is 4.92 Å². The van der Waals surface area contributed by atoms with Gasteiger partial charge in [-0.2, -0.15) is 11.8 Å². The first kappa shape index (κ1) is 15.5. The minimum absolute atomic E-state index is 0.0472. The van der Waals surface area contributed by atoms with Crippen molar-refractivity contribution in [3.63, 3.8) is 0 Å². The summed E-state index contributed by atoms with van der Waals surface area (Å²) in [6.45, 7) is 4.08. The standard InChI is InChI=1S/C11H19N5O2S/c1-3-19-7-6-8(2)13-11-9(16(17)18)4-5-10(14-11)15-12/h4-5,8H,3,6-7,12H2,1-2H3,(H2,13,14,15). The smallest absolute Gasteiger partial charge is 0.311 e. The number of aromatic nitrogens is 1. The molecule has 4 N–H and O–H groups in total. The second-order valence-corrected chi connectivity index (χ2v) is 5.39. The van der Waals surface area contributed by atoms with Crippen LogP contribution in [-0.2, 0) is 0 Å². The average Bonchev–Trinajstić information content (AvgIpc) is 2.38. The lowest BCUT2D eigenvalue weighted by Gasteiger charge is -2.14. The van der Waals surface area contributed by atoms with E-state index in [-0.39, 0.29) is 17.5 Å². The maximum Gasteiger partial charge on any atom is 0.311 e. The fourth-order valence-corrected chi connectivity index (χ4v) is 2.30. The number of nitrogens with one attached hydrogen (secondary N) is 2. The van der Waals surface area contributed by atoms with Crippen molar-refractivity contribution in [1.82, 2.24) is 4.98 Å². The molecule has 0 aliphatic heterocycles. The summed E-state index contributed by atoms with van der Waals surface area (Å²) in [5.41, 5.74) is 2.33. The molecule has 0 aromatic carbocycles. The molecule has 1 atom stereocenters. The zero-order chi connectivity index (χ0) is 14.3. The molecule has 0 aliphatic rings. The van der Waals surface area contributed by atoms with E-state index in [0.717, 1.165) is 17.9 Å². The topological polar surface area (TPSA) is 106 Å². The third kappa shape index (κ3) is 4.92. The van der Waals surface area contributed by atoms with E-state index in [1.54, 1.807) is 0 Å². The van der Waals surface area contributed by atoms with Gasteiger partial charge in [-0.15, -0.1) is 0 Å². The Morgan fingerprint density at radius 2 is 2.32 bits per heavy atom. The molecule has 1 aromatic rings. The maximum absolute atomic E-state index is 10.9. The Morgan fingerprint density at radius 3 is 2.89 bits per heavy atom.